The molecule has 8 heteroatoms. The molecule has 1 fully saturated rings. The fourth-order valence-electron chi connectivity index (χ4n) is 5.05. The highest BCUT2D eigenvalue weighted by Gasteiger charge is 2.43. The number of nitrogens with one attached hydrogen (secondary N) is 2. The first-order valence-electron chi connectivity index (χ1n) is 11.4. The van der Waals surface area contributed by atoms with E-state index >= 15 is 0 Å². The highest BCUT2D eigenvalue weighted by molar-refractivity contribution is 5.95. The molecule has 2 heterocycles. The van der Waals surface area contributed by atoms with E-state index < -0.39 is 0 Å². The smallest absolute Gasteiger partial charge is 0.324 e. The van der Waals surface area contributed by atoms with Gasteiger partial charge in [-0.3, -0.25) is 19.7 Å². The zero-order valence-electron chi connectivity index (χ0n) is 19.0. The first-order chi connectivity index (χ1) is 14.4. The quantitative estimate of drug-likeness (QED) is 0.672. The SMILES string of the molecule is CCCN1C[C@H](C(=O)N(CCCN(C)C)C(=O)NCC)C[C@@H]2Cc3[nH]ncc3C[C@H]21. The van der Waals surface area contributed by atoms with Crippen molar-refractivity contribution in [3.05, 3.63) is 17.5 Å². The lowest BCUT2D eigenvalue weighted by atomic mass is 9.74. The monoisotopic (exact) mass is 418 g/mol. The number of hydrogen-bond acceptors (Lipinski definition) is 5. The number of amides is 3. The van der Waals surface area contributed by atoms with Crippen LogP contribution in [0.15, 0.2) is 6.20 Å². The number of hydrogen-bond donors (Lipinski definition) is 2. The lowest BCUT2D eigenvalue weighted by molar-refractivity contribution is -0.136. The summed E-state index contributed by atoms with van der Waals surface area (Å²) in [6.07, 6.45) is 6.57. The number of piperidine rings is 1. The van der Waals surface area contributed by atoms with Crippen LogP contribution in [0, 0.1) is 11.8 Å². The van der Waals surface area contributed by atoms with Crippen molar-refractivity contribution in [2.45, 2.75) is 52.0 Å². The second-order valence-corrected chi connectivity index (χ2v) is 9.02. The summed E-state index contributed by atoms with van der Waals surface area (Å²) in [6, 6.07) is 0.204. The molecule has 0 radical (unpaired) electrons. The fraction of sp³-hybridized carbons (Fsp3) is 0.773. The minimum Gasteiger partial charge on any atom is -0.338 e. The van der Waals surface area contributed by atoms with Crippen LogP contribution in [-0.4, -0.2) is 89.7 Å². The third-order valence-corrected chi connectivity index (χ3v) is 6.44. The molecule has 168 valence electrons. The van der Waals surface area contributed by atoms with Gasteiger partial charge in [0.25, 0.3) is 0 Å². The van der Waals surface area contributed by atoms with Crippen LogP contribution in [0.2, 0.25) is 0 Å². The first-order valence-corrected chi connectivity index (χ1v) is 11.4. The summed E-state index contributed by atoms with van der Waals surface area (Å²) >= 11 is 0. The molecule has 0 spiro atoms. The van der Waals surface area contributed by atoms with Crippen LogP contribution < -0.4 is 5.32 Å². The zero-order chi connectivity index (χ0) is 21.7. The normalized spacial score (nSPS) is 23.7. The summed E-state index contributed by atoms with van der Waals surface area (Å²) in [5.41, 5.74) is 2.53. The van der Waals surface area contributed by atoms with E-state index in [4.69, 9.17) is 0 Å². The molecule has 1 aliphatic carbocycles. The number of urea groups is 1. The predicted octanol–water partition coefficient (Wildman–Crippen LogP) is 1.73. The Hall–Kier alpha value is -1.93. The molecule has 0 aromatic carbocycles. The molecule has 1 aromatic heterocycles. The lowest BCUT2D eigenvalue weighted by Gasteiger charge is -2.47. The van der Waals surface area contributed by atoms with Gasteiger partial charge in [0, 0.05) is 31.4 Å². The van der Waals surface area contributed by atoms with Crippen LogP contribution in [0.1, 0.15) is 44.4 Å². The van der Waals surface area contributed by atoms with Gasteiger partial charge in [0.1, 0.15) is 0 Å². The first kappa shape index (κ1) is 22.7. The number of carbonyl (C=O) groups is 2. The van der Waals surface area contributed by atoms with Gasteiger partial charge in [0.05, 0.1) is 12.1 Å². The van der Waals surface area contributed by atoms with Crippen LogP contribution in [0.4, 0.5) is 4.79 Å². The van der Waals surface area contributed by atoms with Crippen LogP contribution in [0.3, 0.4) is 0 Å². The number of rotatable bonds is 8. The molecule has 1 aromatic rings. The summed E-state index contributed by atoms with van der Waals surface area (Å²) in [5, 5.41) is 10.2. The number of fused-ring (bicyclic) bond motifs is 2. The molecule has 3 atom stereocenters. The summed E-state index contributed by atoms with van der Waals surface area (Å²) in [7, 11) is 4.02. The van der Waals surface area contributed by atoms with Crippen molar-refractivity contribution in [3.8, 4) is 0 Å². The van der Waals surface area contributed by atoms with E-state index in [1.807, 2.05) is 27.2 Å². The minimum absolute atomic E-state index is 0.0188. The van der Waals surface area contributed by atoms with Gasteiger partial charge in [-0.15, -0.1) is 0 Å². The number of aromatic nitrogens is 2. The van der Waals surface area contributed by atoms with Gasteiger partial charge < -0.3 is 10.2 Å². The number of likely N-dealkylation sites (tertiary alicyclic amines) is 1. The van der Waals surface area contributed by atoms with Crippen LogP contribution in [0.5, 0.6) is 0 Å². The van der Waals surface area contributed by atoms with Crippen LogP contribution in [-0.2, 0) is 17.6 Å². The predicted molar refractivity (Wildman–Crippen MR) is 117 cm³/mol. The molecule has 0 saturated carbocycles. The zero-order valence-corrected chi connectivity index (χ0v) is 19.0. The van der Waals surface area contributed by atoms with Gasteiger partial charge in [0.2, 0.25) is 5.91 Å². The molecule has 3 amide bonds. The second-order valence-electron chi connectivity index (χ2n) is 9.02. The van der Waals surface area contributed by atoms with Crippen molar-refractivity contribution >= 4 is 11.9 Å². The van der Waals surface area contributed by atoms with E-state index in [-0.39, 0.29) is 17.9 Å². The fourth-order valence-corrected chi connectivity index (χ4v) is 5.05. The summed E-state index contributed by atoms with van der Waals surface area (Å²) in [6.45, 7) is 7.64. The number of nitrogens with zero attached hydrogens (tertiary/aromatic N) is 4. The molecule has 8 nitrogen and oxygen atoms in total. The Morgan fingerprint density at radius 3 is 2.77 bits per heavy atom. The Balaban J connectivity index is 1.74. The molecule has 0 unspecified atom stereocenters. The molecule has 0 bridgehead atoms. The van der Waals surface area contributed by atoms with E-state index in [9.17, 15) is 9.59 Å². The molecule has 1 saturated heterocycles. The highest BCUT2D eigenvalue weighted by atomic mass is 16.2. The van der Waals surface area contributed by atoms with Crippen LogP contribution in [0.25, 0.3) is 0 Å². The average molecular weight is 419 g/mol. The Morgan fingerprint density at radius 2 is 2.07 bits per heavy atom. The van der Waals surface area contributed by atoms with Crippen molar-refractivity contribution in [2.24, 2.45) is 11.8 Å². The van der Waals surface area contributed by atoms with E-state index in [0.29, 0.717) is 25.0 Å². The molecular weight excluding hydrogens is 380 g/mol. The van der Waals surface area contributed by atoms with E-state index in [0.717, 1.165) is 51.7 Å². The number of imide groups is 1. The highest BCUT2D eigenvalue weighted by Crippen LogP contribution is 2.37. The van der Waals surface area contributed by atoms with E-state index in [1.165, 1.54) is 16.2 Å². The van der Waals surface area contributed by atoms with Crippen molar-refractivity contribution in [1.29, 1.82) is 0 Å². The third kappa shape index (κ3) is 5.21. The van der Waals surface area contributed by atoms with Crippen LogP contribution >= 0.6 is 0 Å². The Bertz CT molecular complexity index is 718. The summed E-state index contributed by atoms with van der Waals surface area (Å²) in [4.78, 5) is 32.2. The topological polar surface area (TPSA) is 84.6 Å². The van der Waals surface area contributed by atoms with Gasteiger partial charge >= 0.3 is 6.03 Å². The molecule has 2 aliphatic rings. The Labute approximate surface area is 180 Å². The standard InChI is InChI=1S/C22H38N6O2/c1-5-8-27-15-18(11-16-12-19-17(13-20(16)27)14-24-25-19)21(29)28(22(30)23-6-2)10-7-9-26(3)4/h14,16,18,20H,5-13,15H2,1-4H3,(H,23,30)(H,24,25)/t16-,18-,20-/m1/s1. The number of carbonyl (C=O) groups excluding carboxylic acids is 2. The van der Waals surface area contributed by atoms with E-state index in [2.05, 4.69) is 32.2 Å². The second kappa shape index (κ2) is 10.4. The van der Waals surface area contributed by atoms with Crippen molar-refractivity contribution in [1.82, 2.24) is 30.2 Å². The molecule has 2 N–H and O–H groups in total. The molecule has 30 heavy (non-hydrogen) atoms. The minimum atomic E-state index is -0.259. The maximum absolute atomic E-state index is 13.5. The molecule has 1 aliphatic heterocycles. The van der Waals surface area contributed by atoms with Crippen molar-refractivity contribution in [3.63, 3.8) is 0 Å². The van der Waals surface area contributed by atoms with Gasteiger partial charge in [-0.05, 0) is 77.7 Å². The third-order valence-electron chi connectivity index (χ3n) is 6.44. The Morgan fingerprint density at radius 1 is 1.27 bits per heavy atom. The van der Waals surface area contributed by atoms with Crippen molar-refractivity contribution in [2.75, 3.05) is 46.8 Å². The summed E-state index contributed by atoms with van der Waals surface area (Å²) < 4.78 is 0. The van der Waals surface area contributed by atoms with Crippen molar-refractivity contribution < 1.29 is 9.59 Å². The maximum atomic E-state index is 13.5. The van der Waals surface area contributed by atoms with Gasteiger partial charge in [-0.25, -0.2) is 4.79 Å². The number of H-pyrrole nitrogens is 1. The largest absolute Gasteiger partial charge is 0.338 e. The average Bonchev–Trinajstić information content (AvgIpc) is 3.16. The van der Waals surface area contributed by atoms with E-state index in [1.54, 1.807) is 0 Å². The molecule has 3 rings (SSSR count). The Kier molecular flexibility index (Phi) is 7.88. The summed E-state index contributed by atoms with van der Waals surface area (Å²) in [5.74, 6) is 0.268. The maximum Gasteiger partial charge on any atom is 0.324 e. The number of aromatic amines is 1. The van der Waals surface area contributed by atoms with Gasteiger partial charge in [-0.2, -0.15) is 5.10 Å². The molecular formula is C22H38N6O2. The lowest BCUT2D eigenvalue weighted by Crippen LogP contribution is -2.56. The van der Waals surface area contributed by atoms with Gasteiger partial charge in [-0.1, -0.05) is 6.92 Å². The van der Waals surface area contributed by atoms with Gasteiger partial charge in [0.15, 0.2) is 0 Å².